The second-order valence-electron chi connectivity index (χ2n) is 1.95. The number of rotatable bonds is 4. The molecule has 0 aromatic carbocycles. The molecule has 0 spiro atoms. The third-order valence-electron chi connectivity index (χ3n) is 1.35. The Bertz CT molecular complexity index is 41.8. The van der Waals surface area contributed by atoms with Gasteiger partial charge in [-0.15, -0.1) is 0 Å². The van der Waals surface area contributed by atoms with Gasteiger partial charge in [0, 0.05) is 12.6 Å². The monoisotopic (exact) mass is 116 g/mol. The van der Waals surface area contributed by atoms with E-state index >= 15 is 0 Å². The van der Waals surface area contributed by atoms with Crippen LogP contribution in [-0.4, -0.2) is 26.7 Å². The van der Waals surface area contributed by atoms with Crippen LogP contribution in [0.2, 0.25) is 0 Å². The molecule has 0 saturated carbocycles. The van der Waals surface area contributed by atoms with Crippen molar-refractivity contribution in [2.75, 3.05) is 20.6 Å². The van der Waals surface area contributed by atoms with E-state index < -0.39 is 0 Å². The van der Waals surface area contributed by atoms with Crippen LogP contribution < -0.4 is 10.6 Å². The molecular weight excluding hydrogens is 100 g/mol. The molecule has 0 saturated heterocycles. The van der Waals surface area contributed by atoms with Crippen molar-refractivity contribution in [2.24, 2.45) is 0 Å². The second-order valence-corrected chi connectivity index (χ2v) is 1.95. The van der Waals surface area contributed by atoms with Crippen LogP contribution in [0, 0.1) is 0 Å². The predicted molar refractivity (Wildman–Crippen MR) is 37.1 cm³/mol. The lowest BCUT2D eigenvalue weighted by molar-refractivity contribution is 0.519. The summed E-state index contributed by atoms with van der Waals surface area (Å²) < 4.78 is 0. The first-order valence-corrected chi connectivity index (χ1v) is 3.17. The predicted octanol–water partition coefficient (Wildman–Crippen LogP) is 0.204. The normalized spacial score (nSPS) is 13.9. The molecule has 0 radical (unpaired) electrons. The molecule has 2 nitrogen and oxygen atoms in total. The van der Waals surface area contributed by atoms with Crippen LogP contribution in [0.15, 0.2) is 0 Å². The number of hydrogen-bond donors (Lipinski definition) is 2. The summed E-state index contributed by atoms with van der Waals surface area (Å²) in [5.41, 5.74) is 0. The van der Waals surface area contributed by atoms with Gasteiger partial charge in [0.2, 0.25) is 0 Å². The maximum absolute atomic E-state index is 3.19. The van der Waals surface area contributed by atoms with E-state index in [1.807, 2.05) is 14.1 Å². The summed E-state index contributed by atoms with van der Waals surface area (Å²) in [6.07, 6.45) is 1.19. The van der Waals surface area contributed by atoms with E-state index in [9.17, 15) is 0 Å². The van der Waals surface area contributed by atoms with Gasteiger partial charge in [-0.25, -0.2) is 0 Å². The summed E-state index contributed by atoms with van der Waals surface area (Å²) in [6, 6.07) is 0.639. The zero-order valence-corrected chi connectivity index (χ0v) is 5.99. The largest absolute Gasteiger partial charge is 0.318 e. The molecule has 1 atom stereocenters. The molecule has 2 N–H and O–H groups in total. The minimum atomic E-state index is 0.639. The Labute approximate surface area is 51.7 Å². The fourth-order valence-electron chi connectivity index (χ4n) is 0.697. The highest BCUT2D eigenvalue weighted by Crippen LogP contribution is 1.84. The third-order valence-corrected chi connectivity index (χ3v) is 1.35. The summed E-state index contributed by atoms with van der Waals surface area (Å²) in [7, 11) is 3.96. The minimum Gasteiger partial charge on any atom is -0.318 e. The highest BCUT2D eigenvalue weighted by molar-refractivity contribution is 4.62. The van der Waals surface area contributed by atoms with Crippen LogP contribution in [0.5, 0.6) is 0 Å². The zero-order valence-electron chi connectivity index (χ0n) is 5.99. The molecule has 0 unspecified atom stereocenters. The van der Waals surface area contributed by atoms with E-state index in [1.54, 1.807) is 0 Å². The van der Waals surface area contributed by atoms with E-state index in [4.69, 9.17) is 0 Å². The highest BCUT2D eigenvalue weighted by atomic mass is 14.9. The van der Waals surface area contributed by atoms with Crippen molar-refractivity contribution < 1.29 is 0 Å². The van der Waals surface area contributed by atoms with Crippen molar-refractivity contribution in [3.05, 3.63) is 0 Å². The SMILES string of the molecule is CC[C@H](CNC)NC. The standard InChI is InChI=1S/C6H16N2/c1-4-6(8-3)5-7-2/h6-8H,4-5H2,1-3H3/t6-/m1/s1. The smallest absolute Gasteiger partial charge is 0.0186 e. The van der Waals surface area contributed by atoms with Crippen molar-refractivity contribution in [1.29, 1.82) is 0 Å². The van der Waals surface area contributed by atoms with Gasteiger partial charge < -0.3 is 10.6 Å². The lowest BCUT2D eigenvalue weighted by atomic mass is 10.2. The molecular formula is C6H16N2. The van der Waals surface area contributed by atoms with Crippen molar-refractivity contribution >= 4 is 0 Å². The van der Waals surface area contributed by atoms with E-state index in [0.29, 0.717) is 6.04 Å². The quantitative estimate of drug-likeness (QED) is 0.548. The summed E-state index contributed by atoms with van der Waals surface area (Å²) >= 11 is 0. The summed E-state index contributed by atoms with van der Waals surface area (Å²) in [5.74, 6) is 0. The van der Waals surface area contributed by atoms with E-state index in [-0.39, 0.29) is 0 Å². The Kier molecular flexibility index (Phi) is 5.01. The maximum atomic E-state index is 3.19. The van der Waals surface area contributed by atoms with Gasteiger partial charge in [-0.1, -0.05) is 6.92 Å². The number of likely N-dealkylation sites (N-methyl/N-ethyl adjacent to an activating group) is 2. The van der Waals surface area contributed by atoms with Gasteiger partial charge in [-0.05, 0) is 20.5 Å². The van der Waals surface area contributed by atoms with Crippen molar-refractivity contribution in [3.8, 4) is 0 Å². The number of nitrogens with one attached hydrogen (secondary N) is 2. The molecule has 0 aromatic heterocycles. The van der Waals surface area contributed by atoms with Crippen LogP contribution in [0.1, 0.15) is 13.3 Å². The Hall–Kier alpha value is -0.0800. The highest BCUT2D eigenvalue weighted by Gasteiger charge is 1.97. The summed E-state index contributed by atoms with van der Waals surface area (Å²) in [5, 5.41) is 6.30. The molecule has 0 bridgehead atoms. The van der Waals surface area contributed by atoms with Crippen molar-refractivity contribution in [1.82, 2.24) is 10.6 Å². The molecule has 0 aliphatic heterocycles. The van der Waals surface area contributed by atoms with Gasteiger partial charge in [0.15, 0.2) is 0 Å². The van der Waals surface area contributed by atoms with Gasteiger partial charge in [-0.2, -0.15) is 0 Å². The Morgan fingerprint density at radius 1 is 1.38 bits per heavy atom. The van der Waals surface area contributed by atoms with Crippen LogP contribution in [0.3, 0.4) is 0 Å². The van der Waals surface area contributed by atoms with E-state index in [0.717, 1.165) is 6.54 Å². The molecule has 50 valence electrons. The molecule has 0 aliphatic rings. The molecule has 0 aliphatic carbocycles. The first kappa shape index (κ1) is 7.92. The first-order chi connectivity index (χ1) is 3.85. The Balaban J connectivity index is 3.07. The van der Waals surface area contributed by atoms with Crippen LogP contribution in [0.4, 0.5) is 0 Å². The topological polar surface area (TPSA) is 24.1 Å². The molecule has 0 aromatic rings. The summed E-state index contributed by atoms with van der Waals surface area (Å²) in [6.45, 7) is 3.24. The zero-order chi connectivity index (χ0) is 6.41. The average Bonchev–Trinajstić information content (AvgIpc) is 1.83. The van der Waals surface area contributed by atoms with Crippen molar-refractivity contribution in [3.63, 3.8) is 0 Å². The minimum absolute atomic E-state index is 0.639. The molecule has 0 rings (SSSR count). The second kappa shape index (κ2) is 5.06. The molecule has 2 heteroatoms. The lowest BCUT2D eigenvalue weighted by Crippen LogP contribution is -2.34. The van der Waals surface area contributed by atoms with E-state index in [2.05, 4.69) is 17.6 Å². The average molecular weight is 116 g/mol. The van der Waals surface area contributed by atoms with Gasteiger partial charge in [0.25, 0.3) is 0 Å². The maximum Gasteiger partial charge on any atom is 0.0186 e. The van der Waals surface area contributed by atoms with Crippen LogP contribution in [-0.2, 0) is 0 Å². The first-order valence-electron chi connectivity index (χ1n) is 3.17. The molecule has 0 heterocycles. The third kappa shape index (κ3) is 2.99. The summed E-state index contributed by atoms with van der Waals surface area (Å²) in [4.78, 5) is 0. The molecule has 0 fully saturated rings. The van der Waals surface area contributed by atoms with Gasteiger partial charge in [-0.3, -0.25) is 0 Å². The number of hydrogen-bond acceptors (Lipinski definition) is 2. The fourth-order valence-corrected chi connectivity index (χ4v) is 0.697. The molecule has 0 amide bonds. The fraction of sp³-hybridized carbons (Fsp3) is 1.00. The van der Waals surface area contributed by atoms with Gasteiger partial charge in [0.05, 0.1) is 0 Å². The van der Waals surface area contributed by atoms with Crippen LogP contribution in [0.25, 0.3) is 0 Å². The Morgan fingerprint density at radius 2 is 2.00 bits per heavy atom. The molecule has 8 heavy (non-hydrogen) atoms. The van der Waals surface area contributed by atoms with Gasteiger partial charge >= 0.3 is 0 Å². The van der Waals surface area contributed by atoms with Crippen LogP contribution >= 0.6 is 0 Å². The van der Waals surface area contributed by atoms with Crippen molar-refractivity contribution in [2.45, 2.75) is 19.4 Å². The Morgan fingerprint density at radius 3 is 2.12 bits per heavy atom. The lowest BCUT2D eigenvalue weighted by Gasteiger charge is -2.11. The van der Waals surface area contributed by atoms with E-state index in [1.165, 1.54) is 6.42 Å². The van der Waals surface area contributed by atoms with Gasteiger partial charge in [0.1, 0.15) is 0 Å².